The lowest BCUT2D eigenvalue weighted by Gasteiger charge is -2.33. The summed E-state index contributed by atoms with van der Waals surface area (Å²) < 4.78 is 6.08. The molecule has 4 heterocycles. The van der Waals surface area contributed by atoms with Crippen molar-refractivity contribution >= 4 is 41.2 Å². The van der Waals surface area contributed by atoms with Crippen LogP contribution in [0.2, 0.25) is 0 Å². The molecule has 0 aromatic heterocycles. The van der Waals surface area contributed by atoms with Crippen molar-refractivity contribution in [3.05, 3.63) is 48.6 Å². The van der Waals surface area contributed by atoms with Crippen molar-refractivity contribution in [2.75, 3.05) is 19.7 Å². The van der Waals surface area contributed by atoms with E-state index in [0.29, 0.717) is 58.0 Å². The van der Waals surface area contributed by atoms with Gasteiger partial charge in [-0.05, 0) is 69.8 Å². The maximum absolute atomic E-state index is 14.6. The average molecular weight is 790 g/mol. The largest absolute Gasteiger partial charge is 0.369 e. The molecule has 0 saturated carbocycles. The van der Waals surface area contributed by atoms with Crippen LogP contribution in [0.1, 0.15) is 98.5 Å². The molecule has 14 nitrogen and oxygen atoms in total. The molecule has 2 bridgehead atoms. The fraction of sp³-hybridized carbons (Fsp3) is 0.651. The van der Waals surface area contributed by atoms with Crippen molar-refractivity contribution in [1.29, 1.82) is 0 Å². The minimum absolute atomic E-state index is 0.195. The molecule has 0 radical (unpaired) electrons. The van der Waals surface area contributed by atoms with E-state index in [-0.39, 0.29) is 48.6 Å². The minimum Gasteiger partial charge on any atom is -0.369 e. The Morgan fingerprint density at radius 3 is 2.02 bits per heavy atom. The number of aliphatic imine (C=N–C) groups is 1. The Hall–Kier alpha value is -4.59. The van der Waals surface area contributed by atoms with E-state index in [1.807, 2.05) is 58.0 Å². The number of carbonyl (C=O) groups is 6. The van der Waals surface area contributed by atoms with Gasteiger partial charge in [-0.1, -0.05) is 76.9 Å². The van der Waals surface area contributed by atoms with E-state index in [1.165, 1.54) is 4.90 Å². The normalized spacial score (nSPS) is 29.2. The van der Waals surface area contributed by atoms with Crippen LogP contribution < -0.4 is 21.3 Å². The topological polar surface area (TPSA) is 179 Å². The second-order valence-electron chi connectivity index (χ2n) is 16.7. The zero-order valence-electron chi connectivity index (χ0n) is 34.6. The highest BCUT2D eigenvalue weighted by molar-refractivity contribution is 6.01. The zero-order valence-corrected chi connectivity index (χ0v) is 34.6. The molecule has 0 unspecified atom stereocenters. The fourth-order valence-corrected chi connectivity index (χ4v) is 8.12. The Kier molecular flexibility index (Phi) is 14.7. The number of hydrogen-bond acceptors (Lipinski definition) is 8. The number of hydrogen-bond donors (Lipinski definition) is 4. The van der Waals surface area contributed by atoms with Gasteiger partial charge < -0.3 is 35.8 Å². The second kappa shape index (κ2) is 19.2. The summed E-state index contributed by atoms with van der Waals surface area (Å²) in [5, 5.41) is 11.8. The molecular formula is C43H63N7O7. The Morgan fingerprint density at radius 1 is 0.772 bits per heavy atom. The lowest BCUT2D eigenvalue weighted by Crippen LogP contribution is -2.61. The lowest BCUT2D eigenvalue weighted by atomic mass is 9.96. The predicted octanol–water partition coefficient (Wildman–Crippen LogP) is 2.84. The number of ether oxygens (including phenoxy) is 1. The molecule has 0 aliphatic carbocycles. The van der Waals surface area contributed by atoms with Crippen molar-refractivity contribution in [1.82, 2.24) is 31.1 Å². The number of nitrogens with zero attached hydrogens (tertiary/aromatic N) is 3. The van der Waals surface area contributed by atoms with Crippen LogP contribution >= 0.6 is 0 Å². The van der Waals surface area contributed by atoms with Gasteiger partial charge in [0.25, 0.3) is 0 Å². The van der Waals surface area contributed by atoms with E-state index in [0.717, 1.165) is 17.7 Å². The van der Waals surface area contributed by atoms with Crippen molar-refractivity contribution in [2.24, 2.45) is 16.8 Å². The molecule has 4 aliphatic rings. The molecule has 5 rings (SSSR count). The van der Waals surface area contributed by atoms with Crippen molar-refractivity contribution in [2.45, 2.75) is 147 Å². The highest BCUT2D eigenvalue weighted by Gasteiger charge is 2.44. The van der Waals surface area contributed by atoms with Crippen LogP contribution in [0, 0.1) is 11.8 Å². The van der Waals surface area contributed by atoms with Crippen LogP contribution in [0.5, 0.6) is 0 Å². The second-order valence-corrected chi connectivity index (χ2v) is 16.7. The molecule has 1 aromatic carbocycles. The summed E-state index contributed by atoms with van der Waals surface area (Å²) in [6, 6.07) is 3.31. The van der Waals surface area contributed by atoms with Crippen molar-refractivity contribution in [3.8, 4) is 0 Å². The highest BCUT2D eigenvalue weighted by atomic mass is 16.5. The first-order chi connectivity index (χ1) is 27.2. The minimum atomic E-state index is -1.24. The molecule has 2 fully saturated rings. The summed E-state index contributed by atoms with van der Waals surface area (Å²) in [5.74, 6) is -3.26. The Bertz CT molecular complexity index is 1680. The lowest BCUT2D eigenvalue weighted by molar-refractivity contribution is -0.143. The Balaban J connectivity index is 1.56. The highest BCUT2D eigenvalue weighted by Crippen LogP contribution is 2.28. The van der Waals surface area contributed by atoms with Crippen LogP contribution in [0.15, 0.2) is 48.0 Å². The Morgan fingerprint density at radius 2 is 1.37 bits per heavy atom. The summed E-state index contributed by atoms with van der Waals surface area (Å²) in [6.07, 6.45) is 6.26. The third-order valence-electron chi connectivity index (χ3n) is 12.3. The fourth-order valence-electron chi connectivity index (χ4n) is 8.12. The summed E-state index contributed by atoms with van der Waals surface area (Å²) in [5.41, 5.74) is 0.740. The van der Waals surface area contributed by atoms with E-state index >= 15 is 0 Å². The van der Waals surface area contributed by atoms with Gasteiger partial charge in [-0.25, -0.2) is 0 Å². The number of amides is 6. The zero-order chi connectivity index (χ0) is 41.4. The number of benzene rings is 1. The van der Waals surface area contributed by atoms with Crippen molar-refractivity contribution < 1.29 is 33.5 Å². The summed E-state index contributed by atoms with van der Waals surface area (Å²) in [6.45, 7) is 15.5. The van der Waals surface area contributed by atoms with Gasteiger partial charge in [0.1, 0.15) is 36.3 Å². The van der Waals surface area contributed by atoms with Gasteiger partial charge in [0, 0.05) is 25.2 Å². The molecule has 0 spiro atoms. The number of rotatable bonds is 10. The van der Waals surface area contributed by atoms with Crippen LogP contribution in [0.3, 0.4) is 0 Å². The molecule has 4 aliphatic heterocycles. The third kappa shape index (κ3) is 10.5. The maximum atomic E-state index is 14.6. The van der Waals surface area contributed by atoms with Crippen molar-refractivity contribution in [3.63, 3.8) is 0 Å². The van der Waals surface area contributed by atoms with Gasteiger partial charge in [0.2, 0.25) is 35.4 Å². The number of carbonyl (C=O) groups excluding carboxylic acids is 6. The van der Waals surface area contributed by atoms with Crippen LogP contribution in [0.25, 0.3) is 0 Å². The molecule has 312 valence electrons. The number of fused-ring (bicyclic) bond motifs is 4. The first kappa shape index (κ1) is 43.5. The van der Waals surface area contributed by atoms with E-state index in [2.05, 4.69) is 27.8 Å². The molecule has 14 heteroatoms. The molecule has 9 atom stereocenters. The average Bonchev–Trinajstić information content (AvgIpc) is 4.01. The SMILES string of the molecule is C=CC(C)(C)OC[C@@H]1NC(=O)[C@H]([C@@H](C)CC)NC(=O)[C@H]2CCCN2C(=O)[C@H]([C@H](C)CC)NC(=O)[C@@H]2CCC(=N2)[C@@H]2CCCN2C(=O)[C@H](Cc2ccccc2)NC1=O. The third-order valence-corrected chi connectivity index (χ3v) is 12.3. The van der Waals surface area contributed by atoms with Gasteiger partial charge in [-0.2, -0.15) is 0 Å². The summed E-state index contributed by atoms with van der Waals surface area (Å²) in [7, 11) is 0. The molecule has 57 heavy (non-hydrogen) atoms. The van der Waals surface area contributed by atoms with Gasteiger partial charge in [0.05, 0.1) is 18.2 Å². The van der Waals surface area contributed by atoms with Gasteiger partial charge in [-0.3, -0.25) is 33.8 Å². The summed E-state index contributed by atoms with van der Waals surface area (Å²) >= 11 is 0. The molecule has 4 N–H and O–H groups in total. The first-order valence-electron chi connectivity index (χ1n) is 20.9. The van der Waals surface area contributed by atoms with E-state index in [9.17, 15) is 28.8 Å². The standard InChI is InChI=1S/C43H63N7O7/c1-8-26(4)35-40(54)46-32(25-57-43(6,7)10-3)38(52)45-31(24-28-16-12-11-13-17-28)41(55)49-22-14-18-33(49)29-20-21-30(44-29)37(51)48-36(27(5)9-2)42(56)50-23-15-19-34(50)39(53)47-35/h10-13,16-17,26-27,30-36H,3,8-9,14-15,18-25H2,1-2,4-7H3,(H,45,52)(H,46,54)(H,47,53)(H,48,51)/t26-,27+,30-,31-,32-,33-,34+,35-,36-/m0/s1. The maximum Gasteiger partial charge on any atom is 0.246 e. The van der Waals surface area contributed by atoms with E-state index in [4.69, 9.17) is 9.73 Å². The van der Waals surface area contributed by atoms with Crippen LogP contribution in [-0.4, -0.2) is 119 Å². The molecule has 6 amide bonds. The quantitative estimate of drug-likeness (QED) is 0.264. The smallest absolute Gasteiger partial charge is 0.246 e. The van der Waals surface area contributed by atoms with Crippen LogP contribution in [-0.2, 0) is 39.9 Å². The molecular weight excluding hydrogens is 727 g/mol. The first-order valence-corrected chi connectivity index (χ1v) is 20.9. The Labute approximate surface area is 337 Å². The van der Waals surface area contributed by atoms with E-state index < -0.39 is 59.6 Å². The van der Waals surface area contributed by atoms with Gasteiger partial charge in [0.15, 0.2) is 0 Å². The number of nitrogens with one attached hydrogen (secondary N) is 4. The molecule has 2 saturated heterocycles. The van der Waals surface area contributed by atoms with Gasteiger partial charge >= 0.3 is 0 Å². The van der Waals surface area contributed by atoms with Gasteiger partial charge in [-0.15, -0.1) is 6.58 Å². The van der Waals surface area contributed by atoms with Crippen LogP contribution in [0.4, 0.5) is 0 Å². The predicted molar refractivity (Wildman–Crippen MR) is 217 cm³/mol. The monoisotopic (exact) mass is 789 g/mol. The molecule has 1 aromatic rings. The van der Waals surface area contributed by atoms with E-state index in [1.54, 1.807) is 24.8 Å². The summed E-state index contributed by atoms with van der Waals surface area (Å²) in [4.78, 5) is 93.7.